The molecule has 2 nitrogen and oxygen atoms in total. The minimum atomic E-state index is -0.985. The van der Waals surface area contributed by atoms with Crippen LogP contribution in [0.1, 0.15) is 0 Å². The number of hydrogen-bond acceptors (Lipinski definition) is 1. The van der Waals surface area contributed by atoms with Crippen molar-refractivity contribution in [1.82, 2.24) is 3.97 Å². The summed E-state index contributed by atoms with van der Waals surface area (Å²) >= 11 is 2.40. The van der Waals surface area contributed by atoms with E-state index in [0.717, 1.165) is 15.4 Å². The number of rotatable bonds is 1. The van der Waals surface area contributed by atoms with E-state index in [0.29, 0.717) is 0 Å². The molecule has 13 heavy (non-hydrogen) atoms. The van der Waals surface area contributed by atoms with Crippen LogP contribution in [0.2, 0.25) is 0 Å². The maximum atomic E-state index is 11.3. The number of fused-ring (bicyclic) bond motifs is 1. The first-order chi connectivity index (χ1) is 6.18. The Morgan fingerprint density at radius 2 is 2.15 bits per heavy atom. The SMILES string of the molecule is C[S+]([O-])n1ccc2ccc(Br)cc21. The molecular formula is C9H8BrNOS. The van der Waals surface area contributed by atoms with Gasteiger partial charge in [-0.2, -0.15) is 3.97 Å². The van der Waals surface area contributed by atoms with Gasteiger partial charge in [-0.25, -0.2) is 0 Å². The first-order valence-corrected chi connectivity index (χ1v) is 6.10. The van der Waals surface area contributed by atoms with Crippen molar-refractivity contribution < 1.29 is 4.55 Å². The average Bonchev–Trinajstić information content (AvgIpc) is 2.46. The molecule has 68 valence electrons. The second kappa shape index (κ2) is 3.36. The summed E-state index contributed by atoms with van der Waals surface area (Å²) in [4.78, 5) is 0. The van der Waals surface area contributed by atoms with Gasteiger partial charge in [0.2, 0.25) is 0 Å². The lowest BCUT2D eigenvalue weighted by Crippen LogP contribution is -2.07. The predicted molar refractivity (Wildman–Crippen MR) is 59.1 cm³/mol. The standard InChI is InChI=1S/C9H8BrNOS/c1-13(12)11-5-4-7-2-3-8(10)6-9(7)11/h2-6H,1H3. The zero-order valence-corrected chi connectivity index (χ0v) is 9.43. The van der Waals surface area contributed by atoms with Gasteiger partial charge < -0.3 is 4.55 Å². The van der Waals surface area contributed by atoms with Crippen LogP contribution in [0.15, 0.2) is 34.9 Å². The third-order valence-electron chi connectivity index (χ3n) is 1.90. The van der Waals surface area contributed by atoms with Crippen LogP contribution in [0.5, 0.6) is 0 Å². The van der Waals surface area contributed by atoms with E-state index < -0.39 is 11.4 Å². The Hall–Kier alpha value is -0.450. The zero-order chi connectivity index (χ0) is 9.42. The van der Waals surface area contributed by atoms with Gasteiger partial charge >= 0.3 is 0 Å². The molecule has 0 spiro atoms. The van der Waals surface area contributed by atoms with E-state index in [4.69, 9.17) is 0 Å². The molecule has 0 saturated heterocycles. The van der Waals surface area contributed by atoms with Gasteiger partial charge in [-0.15, -0.1) is 0 Å². The van der Waals surface area contributed by atoms with Crippen molar-refractivity contribution in [2.45, 2.75) is 0 Å². The average molecular weight is 258 g/mol. The molecule has 1 unspecified atom stereocenters. The highest BCUT2D eigenvalue weighted by atomic mass is 79.9. The predicted octanol–water partition coefficient (Wildman–Crippen LogP) is 2.55. The lowest BCUT2D eigenvalue weighted by molar-refractivity contribution is 0.594. The maximum absolute atomic E-state index is 11.3. The highest BCUT2D eigenvalue weighted by Gasteiger charge is 2.07. The minimum absolute atomic E-state index is 0.985. The summed E-state index contributed by atoms with van der Waals surface area (Å²) in [7, 11) is 0. The largest absolute Gasteiger partial charge is 0.593 e. The van der Waals surface area contributed by atoms with Gasteiger partial charge in [0.05, 0.1) is 23.1 Å². The van der Waals surface area contributed by atoms with Crippen LogP contribution in [-0.2, 0) is 11.4 Å². The summed E-state index contributed by atoms with van der Waals surface area (Å²) in [5, 5.41) is 1.11. The second-order valence-corrected chi connectivity index (χ2v) is 4.93. The van der Waals surface area contributed by atoms with Gasteiger partial charge in [0.25, 0.3) is 0 Å². The van der Waals surface area contributed by atoms with Crippen LogP contribution in [0.3, 0.4) is 0 Å². The van der Waals surface area contributed by atoms with E-state index in [9.17, 15) is 4.55 Å². The molecule has 1 heterocycles. The van der Waals surface area contributed by atoms with Crippen molar-refractivity contribution in [3.8, 4) is 0 Å². The fourth-order valence-corrected chi connectivity index (χ4v) is 2.32. The van der Waals surface area contributed by atoms with Gasteiger partial charge in [-0.05, 0) is 18.2 Å². The third-order valence-corrected chi connectivity index (χ3v) is 3.26. The molecule has 0 saturated carbocycles. The fraction of sp³-hybridized carbons (Fsp3) is 0.111. The lowest BCUT2D eigenvalue weighted by Gasteiger charge is -2.05. The highest BCUT2D eigenvalue weighted by molar-refractivity contribution is 9.10. The molecule has 0 aliphatic heterocycles. The molecule has 0 N–H and O–H groups in total. The molecule has 0 aliphatic rings. The van der Waals surface area contributed by atoms with E-state index in [1.807, 2.05) is 30.5 Å². The summed E-state index contributed by atoms with van der Waals surface area (Å²) < 4.78 is 14.0. The summed E-state index contributed by atoms with van der Waals surface area (Å²) in [5.74, 6) is 0. The zero-order valence-electron chi connectivity index (χ0n) is 7.03. The first kappa shape index (κ1) is 9.12. The molecule has 0 bridgehead atoms. The molecule has 0 aliphatic carbocycles. The molecule has 0 radical (unpaired) electrons. The summed E-state index contributed by atoms with van der Waals surface area (Å²) in [6.07, 6.45) is 3.51. The van der Waals surface area contributed by atoms with Crippen LogP contribution in [0.25, 0.3) is 10.9 Å². The Morgan fingerprint density at radius 3 is 2.85 bits per heavy atom. The molecular weight excluding hydrogens is 250 g/mol. The van der Waals surface area contributed by atoms with Gasteiger partial charge in [-0.3, -0.25) is 0 Å². The Balaban J connectivity index is 2.71. The van der Waals surface area contributed by atoms with Crippen molar-refractivity contribution in [1.29, 1.82) is 0 Å². The van der Waals surface area contributed by atoms with E-state index in [-0.39, 0.29) is 0 Å². The van der Waals surface area contributed by atoms with Gasteiger partial charge in [0.15, 0.2) is 0 Å². The monoisotopic (exact) mass is 257 g/mol. The van der Waals surface area contributed by atoms with Crippen molar-refractivity contribution in [3.63, 3.8) is 0 Å². The fourth-order valence-electron chi connectivity index (χ4n) is 1.30. The van der Waals surface area contributed by atoms with Crippen LogP contribution in [0.4, 0.5) is 0 Å². The normalized spacial score (nSPS) is 13.5. The van der Waals surface area contributed by atoms with Crippen LogP contribution in [0, 0.1) is 0 Å². The van der Waals surface area contributed by atoms with Gasteiger partial charge in [-0.1, -0.05) is 22.0 Å². The van der Waals surface area contributed by atoms with Crippen molar-refractivity contribution >= 4 is 38.2 Å². The molecule has 0 fully saturated rings. The Bertz CT molecular complexity index is 438. The quantitative estimate of drug-likeness (QED) is 0.722. The Kier molecular flexibility index (Phi) is 2.36. The number of hydrogen-bond donors (Lipinski definition) is 0. The molecule has 1 aromatic carbocycles. The van der Waals surface area contributed by atoms with E-state index >= 15 is 0 Å². The molecule has 4 heteroatoms. The van der Waals surface area contributed by atoms with Crippen LogP contribution >= 0.6 is 15.9 Å². The minimum Gasteiger partial charge on any atom is -0.593 e. The smallest absolute Gasteiger partial charge is 0.121 e. The summed E-state index contributed by atoms with van der Waals surface area (Å²) in [5.41, 5.74) is 0.996. The molecule has 2 aromatic rings. The van der Waals surface area contributed by atoms with Gasteiger partial charge in [0.1, 0.15) is 6.26 Å². The molecule has 2 rings (SSSR count). The summed E-state index contributed by atoms with van der Waals surface area (Å²) in [6, 6.07) is 7.91. The number of aromatic nitrogens is 1. The van der Waals surface area contributed by atoms with E-state index in [1.54, 1.807) is 10.2 Å². The number of benzene rings is 1. The van der Waals surface area contributed by atoms with Crippen molar-refractivity contribution in [2.24, 2.45) is 0 Å². The van der Waals surface area contributed by atoms with E-state index in [2.05, 4.69) is 15.9 Å². The van der Waals surface area contributed by atoms with Crippen LogP contribution in [-0.4, -0.2) is 14.8 Å². The Labute approximate surface area is 88.0 Å². The molecule has 1 atom stereocenters. The van der Waals surface area contributed by atoms with Crippen molar-refractivity contribution in [3.05, 3.63) is 34.9 Å². The first-order valence-electron chi connectivity index (χ1n) is 3.79. The summed E-state index contributed by atoms with van der Waals surface area (Å²) in [6.45, 7) is 0. The maximum Gasteiger partial charge on any atom is 0.121 e. The van der Waals surface area contributed by atoms with Gasteiger partial charge in [0, 0.05) is 9.86 Å². The molecule has 1 aromatic heterocycles. The second-order valence-electron chi connectivity index (χ2n) is 2.77. The topological polar surface area (TPSA) is 28.0 Å². The molecule has 0 amide bonds. The van der Waals surface area contributed by atoms with E-state index in [1.165, 1.54) is 0 Å². The van der Waals surface area contributed by atoms with Crippen molar-refractivity contribution in [2.75, 3.05) is 6.26 Å². The lowest BCUT2D eigenvalue weighted by atomic mass is 10.3. The highest BCUT2D eigenvalue weighted by Crippen LogP contribution is 2.21. The number of halogens is 1. The number of nitrogens with zero attached hydrogens (tertiary/aromatic N) is 1. The van der Waals surface area contributed by atoms with Crippen LogP contribution < -0.4 is 0 Å². The third kappa shape index (κ3) is 1.61. The Morgan fingerprint density at radius 1 is 1.38 bits per heavy atom.